The van der Waals surface area contributed by atoms with E-state index in [0.717, 1.165) is 6.21 Å². The summed E-state index contributed by atoms with van der Waals surface area (Å²) in [7, 11) is 0. The number of nitrogens with one attached hydrogen (secondary N) is 1. The summed E-state index contributed by atoms with van der Waals surface area (Å²) < 4.78 is 0. The van der Waals surface area contributed by atoms with Gasteiger partial charge in [0, 0.05) is 6.21 Å². The first-order valence-corrected chi connectivity index (χ1v) is 3.02. The topological polar surface area (TPSA) is 23.9 Å². The lowest BCUT2D eigenvalue weighted by atomic mass is 10.7. The van der Waals surface area contributed by atoms with Crippen LogP contribution in [-0.2, 0) is 0 Å². The van der Waals surface area contributed by atoms with Gasteiger partial charge in [-0.2, -0.15) is 0 Å². The summed E-state index contributed by atoms with van der Waals surface area (Å²) in [5, 5.41) is 6.21. The molecule has 0 aliphatic heterocycles. The second-order valence-corrected chi connectivity index (χ2v) is 0.811. The van der Waals surface area contributed by atoms with Gasteiger partial charge in [-0.3, -0.25) is 0 Å². The van der Waals surface area contributed by atoms with Crippen molar-refractivity contribution in [1.29, 1.82) is 5.41 Å². The molecule has 1 nitrogen and oxygen atoms in total. The van der Waals surface area contributed by atoms with E-state index in [-0.39, 0.29) is 0 Å². The minimum Gasteiger partial charge on any atom is -0.309 e. The molecule has 0 heterocycles. The fraction of sp³-hybridized carbons (Fsp3) is 0.375. The van der Waals surface area contributed by atoms with Crippen molar-refractivity contribution < 1.29 is 0 Å². The van der Waals surface area contributed by atoms with Crippen molar-refractivity contribution in [3.8, 4) is 0 Å². The maximum atomic E-state index is 6.21. The van der Waals surface area contributed by atoms with Crippen LogP contribution in [0, 0.1) is 5.41 Å². The Balaban J connectivity index is -0.0000000646. The fourth-order valence-corrected chi connectivity index (χ4v) is 0. The van der Waals surface area contributed by atoms with Crippen molar-refractivity contribution in [1.82, 2.24) is 0 Å². The molecule has 0 saturated heterocycles. The van der Waals surface area contributed by atoms with E-state index in [1.54, 1.807) is 6.08 Å². The molecule has 0 aliphatic rings. The van der Waals surface area contributed by atoms with E-state index in [9.17, 15) is 0 Å². The Morgan fingerprint density at radius 3 is 1.33 bits per heavy atom. The SMILES string of the molecule is C=CC.C=CC=N.CC. The summed E-state index contributed by atoms with van der Waals surface area (Å²) in [5.41, 5.74) is 0. The highest BCUT2D eigenvalue weighted by Crippen LogP contribution is 1.38. The van der Waals surface area contributed by atoms with Gasteiger partial charge in [0.1, 0.15) is 0 Å². The lowest BCUT2D eigenvalue weighted by Crippen LogP contribution is -1.41. The zero-order valence-corrected chi connectivity index (χ0v) is 6.65. The van der Waals surface area contributed by atoms with Crippen LogP contribution in [0.5, 0.6) is 0 Å². The van der Waals surface area contributed by atoms with E-state index in [2.05, 4.69) is 13.2 Å². The van der Waals surface area contributed by atoms with Crippen molar-refractivity contribution >= 4 is 6.21 Å². The van der Waals surface area contributed by atoms with Gasteiger partial charge < -0.3 is 5.41 Å². The highest BCUT2D eigenvalue weighted by molar-refractivity contribution is 5.66. The summed E-state index contributed by atoms with van der Waals surface area (Å²) in [6, 6.07) is 0. The molecule has 0 aromatic rings. The smallest absolute Gasteiger partial charge is 0.0171 e. The molecule has 0 saturated carbocycles. The molecule has 54 valence electrons. The Kier molecular flexibility index (Phi) is 102. The molecule has 0 bridgehead atoms. The highest BCUT2D eigenvalue weighted by atomic mass is 14.3. The van der Waals surface area contributed by atoms with Gasteiger partial charge in [0.15, 0.2) is 0 Å². The van der Waals surface area contributed by atoms with Crippen LogP contribution < -0.4 is 0 Å². The van der Waals surface area contributed by atoms with Gasteiger partial charge in [0.05, 0.1) is 0 Å². The Hall–Kier alpha value is -0.850. The van der Waals surface area contributed by atoms with Gasteiger partial charge in [-0.05, 0) is 6.92 Å². The molecule has 0 radical (unpaired) electrons. The van der Waals surface area contributed by atoms with Crippen LogP contribution >= 0.6 is 0 Å². The number of allylic oxidation sites excluding steroid dienone is 2. The first-order valence-electron chi connectivity index (χ1n) is 3.02. The number of rotatable bonds is 1. The lowest BCUT2D eigenvalue weighted by Gasteiger charge is -1.43. The van der Waals surface area contributed by atoms with Crippen LogP contribution in [0.1, 0.15) is 20.8 Å². The van der Waals surface area contributed by atoms with Crippen molar-refractivity contribution in [2.45, 2.75) is 20.8 Å². The lowest BCUT2D eigenvalue weighted by molar-refractivity contribution is 1.50. The average molecular weight is 127 g/mol. The van der Waals surface area contributed by atoms with E-state index in [0.29, 0.717) is 0 Å². The summed E-state index contributed by atoms with van der Waals surface area (Å²) in [5.74, 6) is 0. The van der Waals surface area contributed by atoms with Crippen LogP contribution in [0.15, 0.2) is 25.3 Å². The molecule has 0 aliphatic carbocycles. The molecule has 0 unspecified atom stereocenters. The highest BCUT2D eigenvalue weighted by Gasteiger charge is 1.31. The summed E-state index contributed by atoms with van der Waals surface area (Å²) in [6.45, 7) is 12.5. The Bertz CT molecular complexity index is 49.6. The van der Waals surface area contributed by atoms with Crippen molar-refractivity contribution in [3.05, 3.63) is 25.3 Å². The molecule has 1 heteroatoms. The molecule has 0 aromatic carbocycles. The normalized spacial score (nSPS) is 4.33. The summed E-state index contributed by atoms with van der Waals surface area (Å²) >= 11 is 0. The first-order chi connectivity index (χ1) is 4.33. The van der Waals surface area contributed by atoms with E-state index in [1.165, 1.54) is 6.08 Å². The Labute approximate surface area is 58.6 Å². The quantitative estimate of drug-likeness (QED) is 0.413. The average Bonchev–Trinajstić information content (AvgIpc) is 1.94. The van der Waals surface area contributed by atoms with Gasteiger partial charge in [0.25, 0.3) is 0 Å². The molecule has 0 spiro atoms. The van der Waals surface area contributed by atoms with Gasteiger partial charge in [-0.15, -0.1) is 6.58 Å². The van der Waals surface area contributed by atoms with Crippen molar-refractivity contribution in [3.63, 3.8) is 0 Å². The third-order valence-electron chi connectivity index (χ3n) is 0.118. The standard InChI is InChI=1S/C3H5N.C3H6.C2H6/c1-2-3-4;1-3-2;1-2/h2-4H,1H2;3H,1H2,2H3;1-2H3. The molecule has 0 amide bonds. The van der Waals surface area contributed by atoms with Crippen LogP contribution in [0.4, 0.5) is 0 Å². The minimum absolute atomic E-state index is 1.14. The maximum Gasteiger partial charge on any atom is 0.0171 e. The fourth-order valence-electron chi connectivity index (χ4n) is 0. The second-order valence-electron chi connectivity index (χ2n) is 0.811. The van der Waals surface area contributed by atoms with Crippen molar-refractivity contribution in [2.75, 3.05) is 0 Å². The third-order valence-corrected chi connectivity index (χ3v) is 0.118. The summed E-state index contributed by atoms with van der Waals surface area (Å²) in [6.07, 6.45) is 4.31. The molecule has 0 rings (SSSR count). The maximum absolute atomic E-state index is 6.21. The van der Waals surface area contributed by atoms with Crippen LogP contribution in [-0.4, -0.2) is 6.21 Å². The minimum atomic E-state index is 1.14. The van der Waals surface area contributed by atoms with Gasteiger partial charge in [-0.1, -0.05) is 32.6 Å². The monoisotopic (exact) mass is 127 g/mol. The predicted octanol–water partition coefficient (Wildman–Crippen LogP) is 3.04. The van der Waals surface area contributed by atoms with Crippen LogP contribution in [0.3, 0.4) is 0 Å². The molecule has 1 N–H and O–H groups in total. The van der Waals surface area contributed by atoms with Crippen LogP contribution in [0.25, 0.3) is 0 Å². The second kappa shape index (κ2) is 58.5. The Morgan fingerprint density at radius 1 is 1.22 bits per heavy atom. The zero-order valence-electron chi connectivity index (χ0n) is 6.65. The molecular weight excluding hydrogens is 110 g/mol. The van der Waals surface area contributed by atoms with Gasteiger partial charge in [0.2, 0.25) is 0 Å². The molecular formula is C8H17N. The van der Waals surface area contributed by atoms with Crippen LogP contribution in [0.2, 0.25) is 0 Å². The Morgan fingerprint density at radius 2 is 1.33 bits per heavy atom. The van der Waals surface area contributed by atoms with E-state index in [1.807, 2.05) is 20.8 Å². The van der Waals surface area contributed by atoms with E-state index >= 15 is 0 Å². The molecule has 0 aromatic heterocycles. The molecule has 9 heavy (non-hydrogen) atoms. The third kappa shape index (κ3) is 8430. The first kappa shape index (κ1) is 15.7. The van der Waals surface area contributed by atoms with E-state index in [4.69, 9.17) is 5.41 Å². The number of hydrogen-bond acceptors (Lipinski definition) is 1. The molecule has 0 fully saturated rings. The van der Waals surface area contributed by atoms with E-state index < -0.39 is 0 Å². The van der Waals surface area contributed by atoms with Gasteiger partial charge >= 0.3 is 0 Å². The zero-order chi connectivity index (χ0) is 8.12. The van der Waals surface area contributed by atoms with Gasteiger partial charge in [-0.25, -0.2) is 0 Å². The number of hydrogen-bond donors (Lipinski definition) is 1. The molecule has 0 atom stereocenters. The summed E-state index contributed by atoms with van der Waals surface area (Å²) in [4.78, 5) is 0. The van der Waals surface area contributed by atoms with Crippen molar-refractivity contribution in [2.24, 2.45) is 0 Å². The largest absolute Gasteiger partial charge is 0.309 e. The predicted molar refractivity (Wildman–Crippen MR) is 46.2 cm³/mol.